The molecule has 2 aromatic rings. The molecule has 2 aliphatic rings. The maximum Gasteiger partial charge on any atom is 0.231 e. The first kappa shape index (κ1) is 13.8. The number of hydrogen-bond acceptors (Lipinski definition) is 7. The third-order valence-corrected chi connectivity index (χ3v) is 4.32. The third kappa shape index (κ3) is 2.87. The predicted octanol–water partition coefficient (Wildman–Crippen LogP) is 2.34. The van der Waals surface area contributed by atoms with E-state index >= 15 is 0 Å². The molecule has 0 amide bonds. The molecule has 0 radical (unpaired) electrons. The molecule has 0 unspecified atom stereocenters. The minimum absolute atomic E-state index is 0.139. The van der Waals surface area contributed by atoms with Gasteiger partial charge >= 0.3 is 0 Å². The topological polar surface area (TPSA) is 62.7 Å². The van der Waals surface area contributed by atoms with Crippen LogP contribution in [0, 0.1) is 0 Å². The second-order valence-corrected chi connectivity index (χ2v) is 5.85. The van der Waals surface area contributed by atoms with Gasteiger partial charge < -0.3 is 18.9 Å². The number of nitrogens with zero attached hydrogens (tertiary/aromatic N) is 2. The molecule has 0 N–H and O–H groups in total. The summed E-state index contributed by atoms with van der Waals surface area (Å²) < 4.78 is 21.5. The maximum absolute atomic E-state index is 5.39. The summed E-state index contributed by atoms with van der Waals surface area (Å²) in [6, 6.07) is 9.65. The average Bonchev–Trinajstić information content (AvgIpc) is 3.24. The smallest absolute Gasteiger partial charge is 0.231 e. The first-order valence-corrected chi connectivity index (χ1v) is 7.97. The van der Waals surface area contributed by atoms with Crippen molar-refractivity contribution in [3.05, 3.63) is 30.3 Å². The summed E-state index contributed by atoms with van der Waals surface area (Å²) in [6.07, 6.45) is -0.139. The van der Waals surface area contributed by atoms with Crippen LogP contribution in [0.4, 0.5) is 0 Å². The van der Waals surface area contributed by atoms with E-state index < -0.39 is 0 Å². The lowest BCUT2D eigenvalue weighted by Crippen LogP contribution is -2.10. The van der Waals surface area contributed by atoms with E-state index in [0.29, 0.717) is 13.2 Å². The van der Waals surface area contributed by atoms with Crippen LogP contribution in [0.15, 0.2) is 35.4 Å². The van der Waals surface area contributed by atoms with Crippen molar-refractivity contribution >= 4 is 11.8 Å². The molecule has 0 spiro atoms. The number of fused-ring (bicyclic) bond motifs is 1. The molecule has 3 heterocycles. The fourth-order valence-corrected chi connectivity index (χ4v) is 3.03. The maximum atomic E-state index is 5.39. The standard InChI is InChI=1S/C15H14N2O4S/c1-3-12-13(21-9-20-12)7-10(1)11-2-4-14(17-16-11)22-8-15-18-5-6-19-15/h1-4,7,15H,5-6,8-9H2. The van der Waals surface area contributed by atoms with Crippen molar-refractivity contribution in [1.29, 1.82) is 0 Å². The Balaban J connectivity index is 1.44. The van der Waals surface area contributed by atoms with E-state index in [4.69, 9.17) is 18.9 Å². The molecule has 114 valence electrons. The molecule has 0 aliphatic carbocycles. The van der Waals surface area contributed by atoms with Gasteiger partial charge in [-0.25, -0.2) is 0 Å². The predicted molar refractivity (Wildman–Crippen MR) is 80.0 cm³/mol. The minimum Gasteiger partial charge on any atom is -0.454 e. The number of benzene rings is 1. The van der Waals surface area contributed by atoms with Crippen LogP contribution < -0.4 is 9.47 Å². The fraction of sp³-hybridized carbons (Fsp3) is 0.333. The zero-order valence-electron chi connectivity index (χ0n) is 11.7. The van der Waals surface area contributed by atoms with Gasteiger partial charge in [0.1, 0.15) is 5.03 Å². The summed E-state index contributed by atoms with van der Waals surface area (Å²) in [5, 5.41) is 9.36. The van der Waals surface area contributed by atoms with Crippen LogP contribution in [-0.2, 0) is 9.47 Å². The highest BCUT2D eigenvalue weighted by atomic mass is 32.2. The van der Waals surface area contributed by atoms with Crippen LogP contribution in [0.5, 0.6) is 11.5 Å². The quantitative estimate of drug-likeness (QED) is 0.802. The molecular weight excluding hydrogens is 304 g/mol. The Kier molecular flexibility index (Phi) is 3.84. The normalized spacial score (nSPS) is 17.1. The average molecular weight is 318 g/mol. The monoisotopic (exact) mass is 318 g/mol. The molecule has 0 bridgehead atoms. The van der Waals surface area contributed by atoms with Crippen LogP contribution in [-0.4, -0.2) is 42.2 Å². The highest BCUT2D eigenvalue weighted by Gasteiger charge is 2.17. The lowest BCUT2D eigenvalue weighted by Gasteiger charge is -2.07. The van der Waals surface area contributed by atoms with Crippen molar-refractivity contribution < 1.29 is 18.9 Å². The summed E-state index contributed by atoms with van der Waals surface area (Å²) in [5.74, 6) is 2.23. The molecule has 1 fully saturated rings. The molecular formula is C15H14N2O4S. The Morgan fingerprint density at radius 2 is 1.86 bits per heavy atom. The number of ether oxygens (including phenoxy) is 4. The van der Waals surface area contributed by atoms with E-state index in [-0.39, 0.29) is 13.1 Å². The largest absolute Gasteiger partial charge is 0.454 e. The van der Waals surface area contributed by atoms with Crippen LogP contribution >= 0.6 is 11.8 Å². The van der Waals surface area contributed by atoms with Gasteiger partial charge in [-0.1, -0.05) is 11.8 Å². The summed E-state index contributed by atoms with van der Waals surface area (Å²) in [5.41, 5.74) is 1.76. The van der Waals surface area contributed by atoms with E-state index in [1.54, 1.807) is 11.8 Å². The Bertz CT molecular complexity index is 659. The van der Waals surface area contributed by atoms with E-state index in [0.717, 1.165) is 33.5 Å². The summed E-state index contributed by atoms with van der Waals surface area (Å²) in [6.45, 7) is 1.60. The number of hydrogen-bond donors (Lipinski definition) is 0. The second-order valence-electron chi connectivity index (χ2n) is 4.81. The Hall–Kier alpha value is -1.83. The molecule has 22 heavy (non-hydrogen) atoms. The Morgan fingerprint density at radius 3 is 2.68 bits per heavy atom. The Morgan fingerprint density at radius 1 is 1.00 bits per heavy atom. The van der Waals surface area contributed by atoms with Crippen molar-refractivity contribution in [2.45, 2.75) is 11.3 Å². The summed E-state index contributed by atoms with van der Waals surface area (Å²) >= 11 is 1.57. The lowest BCUT2D eigenvalue weighted by atomic mass is 10.1. The van der Waals surface area contributed by atoms with E-state index in [9.17, 15) is 0 Å². The van der Waals surface area contributed by atoms with Gasteiger partial charge in [0.25, 0.3) is 0 Å². The van der Waals surface area contributed by atoms with Gasteiger partial charge in [0.15, 0.2) is 17.8 Å². The van der Waals surface area contributed by atoms with Gasteiger partial charge in [0.2, 0.25) is 6.79 Å². The summed E-state index contributed by atoms with van der Waals surface area (Å²) in [7, 11) is 0. The van der Waals surface area contributed by atoms with Crippen molar-refractivity contribution in [3.63, 3.8) is 0 Å². The van der Waals surface area contributed by atoms with Gasteiger partial charge in [-0.15, -0.1) is 10.2 Å². The van der Waals surface area contributed by atoms with Gasteiger partial charge in [0, 0.05) is 5.56 Å². The van der Waals surface area contributed by atoms with E-state index in [1.807, 2.05) is 30.3 Å². The van der Waals surface area contributed by atoms with Crippen LogP contribution in [0.1, 0.15) is 0 Å². The zero-order valence-corrected chi connectivity index (χ0v) is 12.5. The van der Waals surface area contributed by atoms with E-state index in [1.165, 1.54) is 0 Å². The molecule has 6 nitrogen and oxygen atoms in total. The summed E-state index contributed by atoms with van der Waals surface area (Å²) in [4.78, 5) is 0. The van der Waals surface area contributed by atoms with Gasteiger partial charge in [0.05, 0.1) is 24.7 Å². The number of thioether (sulfide) groups is 1. The van der Waals surface area contributed by atoms with Crippen molar-refractivity contribution in [2.24, 2.45) is 0 Å². The fourth-order valence-electron chi connectivity index (χ4n) is 2.26. The van der Waals surface area contributed by atoms with Crippen LogP contribution in [0.25, 0.3) is 11.3 Å². The zero-order chi connectivity index (χ0) is 14.8. The highest BCUT2D eigenvalue weighted by Crippen LogP contribution is 2.35. The molecule has 1 aromatic heterocycles. The van der Waals surface area contributed by atoms with E-state index in [2.05, 4.69) is 10.2 Å². The van der Waals surface area contributed by atoms with Crippen LogP contribution in [0.2, 0.25) is 0 Å². The number of rotatable bonds is 4. The van der Waals surface area contributed by atoms with Gasteiger partial charge in [-0.2, -0.15) is 0 Å². The minimum atomic E-state index is -0.139. The van der Waals surface area contributed by atoms with Gasteiger partial charge in [-0.3, -0.25) is 0 Å². The van der Waals surface area contributed by atoms with Crippen LogP contribution in [0.3, 0.4) is 0 Å². The molecule has 7 heteroatoms. The second kappa shape index (κ2) is 6.12. The third-order valence-electron chi connectivity index (χ3n) is 3.37. The molecule has 0 atom stereocenters. The first-order chi connectivity index (χ1) is 10.9. The van der Waals surface area contributed by atoms with Gasteiger partial charge in [-0.05, 0) is 30.3 Å². The van der Waals surface area contributed by atoms with Crippen molar-refractivity contribution in [3.8, 4) is 22.8 Å². The lowest BCUT2D eigenvalue weighted by molar-refractivity contribution is -0.0214. The molecule has 1 saturated heterocycles. The molecule has 4 rings (SSSR count). The Labute approximate surface area is 131 Å². The molecule has 2 aliphatic heterocycles. The highest BCUT2D eigenvalue weighted by molar-refractivity contribution is 7.99. The van der Waals surface area contributed by atoms with Crippen molar-refractivity contribution in [1.82, 2.24) is 10.2 Å². The SMILES string of the molecule is c1cc2c(cc1-c1ccc(SCC3OCCO3)nn1)OCO2. The molecule has 1 aromatic carbocycles. The van der Waals surface area contributed by atoms with Crippen molar-refractivity contribution in [2.75, 3.05) is 25.8 Å². The number of aromatic nitrogens is 2. The first-order valence-electron chi connectivity index (χ1n) is 6.98. The molecule has 0 saturated carbocycles.